The summed E-state index contributed by atoms with van der Waals surface area (Å²) in [5.74, 6) is -0.287. The number of nitrogens with zero attached hydrogens (tertiary/aromatic N) is 3. The van der Waals surface area contributed by atoms with Gasteiger partial charge in [-0.05, 0) is 48.6 Å². The lowest BCUT2D eigenvalue weighted by molar-refractivity contribution is -0.115. The Morgan fingerprint density at radius 2 is 1.81 bits per heavy atom. The molecule has 184 valence electrons. The van der Waals surface area contributed by atoms with E-state index in [4.69, 9.17) is 8.83 Å². The number of benzene rings is 2. The van der Waals surface area contributed by atoms with E-state index in [0.29, 0.717) is 29.0 Å². The quantitative estimate of drug-likeness (QED) is 0.341. The first-order valence-electron chi connectivity index (χ1n) is 11.8. The van der Waals surface area contributed by atoms with Crippen molar-refractivity contribution in [3.63, 3.8) is 0 Å². The molecule has 0 fully saturated rings. The maximum atomic E-state index is 12.9. The Labute approximate surface area is 207 Å². The normalized spacial score (nSPS) is 11.9. The summed E-state index contributed by atoms with van der Waals surface area (Å²) in [7, 11) is 0. The molecule has 0 aliphatic rings. The Kier molecular flexibility index (Phi) is 5.74. The molecule has 1 N–H and O–H groups in total. The van der Waals surface area contributed by atoms with Crippen LogP contribution < -0.4 is 10.9 Å². The van der Waals surface area contributed by atoms with Crippen molar-refractivity contribution in [2.75, 3.05) is 5.32 Å². The van der Waals surface area contributed by atoms with E-state index in [-0.39, 0.29) is 17.7 Å². The summed E-state index contributed by atoms with van der Waals surface area (Å²) in [6.45, 7) is 10.7. The topological polar surface area (TPSA) is 103 Å². The first-order valence-corrected chi connectivity index (χ1v) is 11.8. The fourth-order valence-corrected chi connectivity index (χ4v) is 4.54. The summed E-state index contributed by atoms with van der Waals surface area (Å²) in [6, 6.07) is 9.49. The number of amides is 1. The van der Waals surface area contributed by atoms with Gasteiger partial charge in [0, 0.05) is 27.6 Å². The highest BCUT2D eigenvalue weighted by Gasteiger charge is 2.24. The van der Waals surface area contributed by atoms with Gasteiger partial charge in [-0.15, -0.1) is 0 Å². The van der Waals surface area contributed by atoms with Crippen molar-refractivity contribution in [3.8, 4) is 0 Å². The molecule has 8 nitrogen and oxygen atoms in total. The Morgan fingerprint density at radius 1 is 1.06 bits per heavy atom. The van der Waals surface area contributed by atoms with Crippen LogP contribution >= 0.6 is 0 Å². The average Bonchev–Trinajstić information content (AvgIpc) is 3.49. The maximum Gasteiger partial charge on any atom is 0.340 e. The first-order chi connectivity index (χ1) is 17.1. The fourth-order valence-electron chi connectivity index (χ4n) is 4.54. The van der Waals surface area contributed by atoms with Gasteiger partial charge in [0.15, 0.2) is 0 Å². The summed E-state index contributed by atoms with van der Waals surface area (Å²) in [6.07, 6.45) is 4.83. The predicted octanol–water partition coefficient (Wildman–Crippen LogP) is 5.27. The third-order valence-electron chi connectivity index (χ3n) is 6.54. The molecule has 3 aromatic heterocycles. The molecule has 36 heavy (non-hydrogen) atoms. The second kappa shape index (κ2) is 8.78. The molecule has 8 heteroatoms. The molecule has 3 heterocycles. The number of aryl methyl sites for hydroxylation is 2. The van der Waals surface area contributed by atoms with Gasteiger partial charge in [0.1, 0.15) is 23.8 Å². The lowest BCUT2D eigenvalue weighted by Gasteiger charge is -2.17. The lowest BCUT2D eigenvalue weighted by atomic mass is 9.86. The van der Waals surface area contributed by atoms with E-state index in [2.05, 4.69) is 36.2 Å². The Hall–Kier alpha value is -4.20. The molecule has 2 aromatic carbocycles. The van der Waals surface area contributed by atoms with Crippen LogP contribution in [0.2, 0.25) is 0 Å². The van der Waals surface area contributed by atoms with Crippen LogP contribution in [0.5, 0.6) is 0 Å². The van der Waals surface area contributed by atoms with Crippen molar-refractivity contribution in [1.82, 2.24) is 14.8 Å². The van der Waals surface area contributed by atoms with Gasteiger partial charge < -0.3 is 14.2 Å². The summed E-state index contributed by atoms with van der Waals surface area (Å²) in [5.41, 5.74) is 5.22. The van der Waals surface area contributed by atoms with Gasteiger partial charge in [0.2, 0.25) is 5.91 Å². The number of carbonyl (C=O) groups excluding carboxylic acids is 1. The standard InChI is InChI=1S/C28H28N4O4/c1-16-20-10-22-23(28(3,4)5)13-35-25(22)17(2)26(20)36-27(34)21(16)11-24(33)31-19-8-6-18(7-9-19)12-32-15-29-14-30-32/h6-10,13-15H,11-12H2,1-5H3,(H,31,33). The van der Waals surface area contributed by atoms with Crippen molar-refractivity contribution >= 4 is 33.5 Å². The SMILES string of the molecule is Cc1c(CC(=O)Nc2ccc(Cn3cncn3)cc2)c(=O)oc2c(C)c3occ(C(C)(C)C)c3cc12. The minimum absolute atomic E-state index is 0.0839. The van der Waals surface area contributed by atoms with Crippen LogP contribution in [-0.4, -0.2) is 20.7 Å². The molecule has 0 saturated heterocycles. The Morgan fingerprint density at radius 3 is 2.47 bits per heavy atom. The third kappa shape index (κ3) is 4.30. The molecule has 0 spiro atoms. The lowest BCUT2D eigenvalue weighted by Crippen LogP contribution is -2.20. The Bertz CT molecular complexity index is 1640. The second-order valence-electron chi connectivity index (χ2n) is 10.2. The number of carbonyl (C=O) groups is 1. The number of furan rings is 1. The molecule has 0 radical (unpaired) electrons. The number of aromatic nitrogens is 3. The summed E-state index contributed by atoms with van der Waals surface area (Å²) >= 11 is 0. The minimum Gasteiger partial charge on any atom is -0.464 e. The zero-order valence-corrected chi connectivity index (χ0v) is 21.0. The molecule has 0 saturated carbocycles. The van der Waals surface area contributed by atoms with E-state index in [0.717, 1.165) is 33.0 Å². The zero-order chi connectivity index (χ0) is 25.6. The molecular weight excluding hydrogens is 456 g/mol. The summed E-state index contributed by atoms with van der Waals surface area (Å²) in [5, 5.41) is 8.77. The molecule has 0 aliphatic heterocycles. The van der Waals surface area contributed by atoms with E-state index in [1.807, 2.05) is 44.2 Å². The Balaban J connectivity index is 1.42. The molecular formula is C28H28N4O4. The molecule has 0 atom stereocenters. The van der Waals surface area contributed by atoms with Gasteiger partial charge in [-0.3, -0.25) is 4.79 Å². The number of hydrogen-bond acceptors (Lipinski definition) is 6. The predicted molar refractivity (Wildman–Crippen MR) is 138 cm³/mol. The van der Waals surface area contributed by atoms with Gasteiger partial charge in [0.25, 0.3) is 0 Å². The monoisotopic (exact) mass is 484 g/mol. The number of nitrogens with one attached hydrogen (secondary N) is 1. The first kappa shape index (κ1) is 23.5. The molecule has 5 aromatic rings. The van der Waals surface area contributed by atoms with Crippen molar-refractivity contribution in [2.24, 2.45) is 0 Å². The molecule has 0 aliphatic carbocycles. The number of anilines is 1. The van der Waals surface area contributed by atoms with E-state index in [1.54, 1.807) is 17.3 Å². The average molecular weight is 485 g/mol. The molecule has 0 unspecified atom stereocenters. The van der Waals surface area contributed by atoms with Crippen molar-refractivity contribution < 1.29 is 13.6 Å². The van der Waals surface area contributed by atoms with Crippen molar-refractivity contribution in [2.45, 2.75) is 53.0 Å². The van der Waals surface area contributed by atoms with Crippen LogP contribution in [0.15, 0.2) is 62.9 Å². The van der Waals surface area contributed by atoms with Gasteiger partial charge in [-0.1, -0.05) is 32.9 Å². The van der Waals surface area contributed by atoms with Gasteiger partial charge in [-0.25, -0.2) is 14.5 Å². The molecule has 5 rings (SSSR count). The van der Waals surface area contributed by atoms with Crippen LogP contribution in [0.1, 0.15) is 48.6 Å². The highest BCUT2D eigenvalue weighted by atomic mass is 16.4. The van der Waals surface area contributed by atoms with Crippen LogP contribution in [0.4, 0.5) is 5.69 Å². The van der Waals surface area contributed by atoms with Crippen LogP contribution in [-0.2, 0) is 23.2 Å². The third-order valence-corrected chi connectivity index (χ3v) is 6.54. The fraction of sp³-hybridized carbons (Fsp3) is 0.286. The minimum atomic E-state index is -0.511. The van der Waals surface area contributed by atoms with Gasteiger partial charge in [-0.2, -0.15) is 5.10 Å². The molecule has 1 amide bonds. The smallest absolute Gasteiger partial charge is 0.340 e. The van der Waals surface area contributed by atoms with E-state index in [9.17, 15) is 9.59 Å². The van der Waals surface area contributed by atoms with E-state index in [1.165, 1.54) is 6.33 Å². The van der Waals surface area contributed by atoms with Gasteiger partial charge >= 0.3 is 5.63 Å². The highest BCUT2D eigenvalue weighted by molar-refractivity contribution is 6.01. The zero-order valence-electron chi connectivity index (χ0n) is 21.0. The number of rotatable bonds is 5. The van der Waals surface area contributed by atoms with E-state index < -0.39 is 5.63 Å². The number of fused-ring (bicyclic) bond motifs is 2. The van der Waals surface area contributed by atoms with Crippen LogP contribution in [0.25, 0.3) is 21.9 Å². The van der Waals surface area contributed by atoms with Crippen molar-refractivity contribution in [1.29, 1.82) is 0 Å². The van der Waals surface area contributed by atoms with Crippen LogP contribution in [0, 0.1) is 13.8 Å². The summed E-state index contributed by atoms with van der Waals surface area (Å²) < 4.78 is 13.3. The summed E-state index contributed by atoms with van der Waals surface area (Å²) in [4.78, 5) is 29.7. The van der Waals surface area contributed by atoms with E-state index >= 15 is 0 Å². The van der Waals surface area contributed by atoms with Crippen molar-refractivity contribution in [3.05, 3.63) is 87.5 Å². The largest absolute Gasteiger partial charge is 0.464 e. The van der Waals surface area contributed by atoms with Crippen LogP contribution in [0.3, 0.4) is 0 Å². The molecule has 0 bridgehead atoms. The van der Waals surface area contributed by atoms with Gasteiger partial charge in [0.05, 0.1) is 24.8 Å². The number of hydrogen-bond donors (Lipinski definition) is 1. The highest BCUT2D eigenvalue weighted by Crippen LogP contribution is 2.37. The second-order valence-corrected chi connectivity index (χ2v) is 10.2. The maximum absolute atomic E-state index is 12.9.